The van der Waals surface area contributed by atoms with Crippen LogP contribution in [0.3, 0.4) is 0 Å². The molecule has 2 amide bonds. The minimum Gasteiger partial charge on any atom is -0.497 e. The SMILES string of the molecule is CCCCNC(=O)C(CC)N(Cc1ccc(C)cc1)C(=O)CN(c1cccc(OC)c1)S(=O)(=O)c1ccc(C)cc1. The number of rotatable bonds is 14. The number of hydrogen-bond acceptors (Lipinski definition) is 5. The Morgan fingerprint density at radius 3 is 2.15 bits per heavy atom. The smallest absolute Gasteiger partial charge is 0.264 e. The maximum atomic E-state index is 14.1. The van der Waals surface area contributed by atoms with Gasteiger partial charge in [-0.15, -0.1) is 0 Å². The average molecular weight is 580 g/mol. The minimum absolute atomic E-state index is 0.0631. The van der Waals surface area contributed by atoms with Crippen LogP contribution in [0.5, 0.6) is 5.75 Å². The maximum absolute atomic E-state index is 14.1. The molecule has 0 heterocycles. The van der Waals surface area contributed by atoms with Crippen LogP contribution in [0, 0.1) is 13.8 Å². The summed E-state index contributed by atoms with van der Waals surface area (Å²) in [5.41, 5.74) is 3.12. The summed E-state index contributed by atoms with van der Waals surface area (Å²) in [6.45, 7) is 7.92. The molecule has 1 unspecified atom stereocenters. The van der Waals surface area contributed by atoms with E-state index < -0.39 is 28.5 Å². The van der Waals surface area contributed by atoms with Crippen molar-refractivity contribution in [1.82, 2.24) is 10.2 Å². The first-order valence-corrected chi connectivity index (χ1v) is 15.4. The van der Waals surface area contributed by atoms with E-state index in [2.05, 4.69) is 5.32 Å². The fourth-order valence-electron chi connectivity index (χ4n) is 4.45. The number of nitrogens with zero attached hydrogens (tertiary/aromatic N) is 2. The zero-order valence-corrected chi connectivity index (χ0v) is 25.4. The van der Waals surface area contributed by atoms with Gasteiger partial charge in [0.15, 0.2) is 0 Å². The Bertz CT molecular complexity index is 1410. The quantitative estimate of drug-likeness (QED) is 0.264. The predicted molar refractivity (Wildman–Crippen MR) is 162 cm³/mol. The largest absolute Gasteiger partial charge is 0.497 e. The highest BCUT2D eigenvalue weighted by Gasteiger charge is 2.33. The second-order valence-corrected chi connectivity index (χ2v) is 12.0. The lowest BCUT2D eigenvalue weighted by molar-refractivity contribution is -0.140. The van der Waals surface area contributed by atoms with E-state index in [0.29, 0.717) is 18.7 Å². The molecule has 0 saturated carbocycles. The predicted octanol–water partition coefficient (Wildman–Crippen LogP) is 5.23. The van der Waals surface area contributed by atoms with Crippen molar-refractivity contribution in [1.29, 1.82) is 0 Å². The molecule has 0 spiro atoms. The molecule has 0 aromatic heterocycles. The summed E-state index contributed by atoms with van der Waals surface area (Å²) in [6, 6.07) is 20.1. The van der Waals surface area contributed by atoms with Crippen molar-refractivity contribution in [3.63, 3.8) is 0 Å². The van der Waals surface area contributed by atoms with Crippen molar-refractivity contribution in [3.05, 3.63) is 89.5 Å². The Morgan fingerprint density at radius 2 is 1.56 bits per heavy atom. The lowest BCUT2D eigenvalue weighted by Crippen LogP contribution is -2.52. The molecular formula is C32H41N3O5S. The Labute approximate surface area is 244 Å². The van der Waals surface area contributed by atoms with Crippen molar-refractivity contribution in [3.8, 4) is 5.75 Å². The number of ether oxygens (including phenoxy) is 1. The van der Waals surface area contributed by atoms with Gasteiger partial charge in [-0.2, -0.15) is 0 Å². The van der Waals surface area contributed by atoms with E-state index in [0.717, 1.165) is 33.8 Å². The molecule has 0 bridgehead atoms. The third-order valence-electron chi connectivity index (χ3n) is 6.92. The van der Waals surface area contributed by atoms with E-state index in [9.17, 15) is 18.0 Å². The van der Waals surface area contributed by atoms with Gasteiger partial charge in [-0.3, -0.25) is 13.9 Å². The molecule has 0 aliphatic rings. The van der Waals surface area contributed by atoms with Crippen LogP contribution in [-0.2, 0) is 26.2 Å². The van der Waals surface area contributed by atoms with Crippen LogP contribution in [0.15, 0.2) is 77.7 Å². The third kappa shape index (κ3) is 8.33. The first-order valence-electron chi connectivity index (χ1n) is 14.0. The molecule has 9 heteroatoms. The van der Waals surface area contributed by atoms with Gasteiger partial charge >= 0.3 is 0 Å². The van der Waals surface area contributed by atoms with Gasteiger partial charge in [-0.05, 0) is 56.5 Å². The number of anilines is 1. The Balaban J connectivity index is 2.05. The number of benzene rings is 3. The van der Waals surface area contributed by atoms with Gasteiger partial charge in [-0.1, -0.05) is 73.9 Å². The summed E-state index contributed by atoms with van der Waals surface area (Å²) < 4.78 is 34.4. The third-order valence-corrected chi connectivity index (χ3v) is 8.71. The normalized spacial score (nSPS) is 11.9. The Hall–Kier alpha value is -3.85. The van der Waals surface area contributed by atoms with Crippen LogP contribution in [0.2, 0.25) is 0 Å². The van der Waals surface area contributed by atoms with Gasteiger partial charge in [0.25, 0.3) is 10.0 Å². The van der Waals surface area contributed by atoms with Crippen LogP contribution >= 0.6 is 0 Å². The van der Waals surface area contributed by atoms with Crippen molar-refractivity contribution >= 4 is 27.5 Å². The molecule has 220 valence electrons. The van der Waals surface area contributed by atoms with E-state index in [1.165, 1.54) is 24.1 Å². The molecule has 3 rings (SSSR count). The van der Waals surface area contributed by atoms with Crippen molar-refractivity contribution in [2.75, 3.05) is 24.5 Å². The molecule has 0 saturated heterocycles. The van der Waals surface area contributed by atoms with Crippen LogP contribution in [0.4, 0.5) is 5.69 Å². The fourth-order valence-corrected chi connectivity index (χ4v) is 5.85. The second kappa shape index (κ2) is 14.7. The summed E-state index contributed by atoms with van der Waals surface area (Å²) in [6.07, 6.45) is 2.13. The molecule has 0 radical (unpaired) electrons. The summed E-state index contributed by atoms with van der Waals surface area (Å²) in [5, 5.41) is 2.95. The van der Waals surface area contributed by atoms with Crippen LogP contribution in [0.1, 0.15) is 49.8 Å². The molecule has 3 aromatic carbocycles. The molecule has 8 nitrogen and oxygen atoms in total. The number of amides is 2. The van der Waals surface area contributed by atoms with E-state index in [1.807, 2.05) is 52.0 Å². The lowest BCUT2D eigenvalue weighted by atomic mass is 10.1. The highest BCUT2D eigenvalue weighted by molar-refractivity contribution is 7.92. The van der Waals surface area contributed by atoms with E-state index >= 15 is 0 Å². The molecule has 0 fully saturated rings. The summed E-state index contributed by atoms with van der Waals surface area (Å²) >= 11 is 0. The first-order chi connectivity index (χ1) is 19.6. The Kier molecular flexibility index (Phi) is 11.3. The number of carbonyl (C=O) groups excluding carboxylic acids is 2. The molecule has 0 aliphatic carbocycles. The minimum atomic E-state index is -4.14. The average Bonchev–Trinajstić information content (AvgIpc) is 2.97. The van der Waals surface area contributed by atoms with Crippen LogP contribution in [0.25, 0.3) is 0 Å². The standard InChI is InChI=1S/C32H41N3O5S/c1-6-8-20-33-32(37)30(7-2)34(22-26-16-12-24(3)13-17-26)31(36)23-35(27-10-9-11-28(21-27)40-5)41(38,39)29-18-14-25(4)15-19-29/h9-19,21,30H,6-8,20,22-23H2,1-5H3,(H,33,37). The first kappa shape index (κ1) is 31.7. The lowest BCUT2D eigenvalue weighted by Gasteiger charge is -2.33. The number of nitrogens with one attached hydrogen (secondary N) is 1. The maximum Gasteiger partial charge on any atom is 0.264 e. The summed E-state index contributed by atoms with van der Waals surface area (Å²) in [4.78, 5) is 29.0. The van der Waals surface area contributed by atoms with E-state index in [1.54, 1.807) is 36.4 Å². The van der Waals surface area contributed by atoms with Crippen LogP contribution < -0.4 is 14.4 Å². The zero-order chi connectivity index (χ0) is 30.0. The number of aryl methyl sites for hydroxylation is 2. The number of sulfonamides is 1. The molecular weight excluding hydrogens is 538 g/mol. The van der Waals surface area contributed by atoms with Crippen LogP contribution in [-0.4, -0.2) is 51.4 Å². The Morgan fingerprint density at radius 1 is 0.927 bits per heavy atom. The van der Waals surface area contributed by atoms with Gasteiger partial charge in [0.2, 0.25) is 11.8 Å². The fraction of sp³-hybridized carbons (Fsp3) is 0.375. The number of carbonyl (C=O) groups is 2. The number of methoxy groups -OCH3 is 1. The number of hydrogen-bond donors (Lipinski definition) is 1. The number of unbranched alkanes of at least 4 members (excludes halogenated alkanes) is 1. The molecule has 0 aliphatic heterocycles. The topological polar surface area (TPSA) is 96.0 Å². The second-order valence-electron chi connectivity index (χ2n) is 10.1. The highest BCUT2D eigenvalue weighted by Crippen LogP contribution is 2.28. The molecule has 3 aromatic rings. The highest BCUT2D eigenvalue weighted by atomic mass is 32.2. The summed E-state index contributed by atoms with van der Waals surface area (Å²) in [7, 11) is -2.65. The van der Waals surface area contributed by atoms with Gasteiger partial charge in [-0.25, -0.2) is 8.42 Å². The van der Waals surface area contributed by atoms with Gasteiger partial charge < -0.3 is 15.0 Å². The van der Waals surface area contributed by atoms with Gasteiger partial charge in [0.1, 0.15) is 18.3 Å². The monoisotopic (exact) mass is 579 g/mol. The van der Waals surface area contributed by atoms with Gasteiger partial charge in [0, 0.05) is 19.2 Å². The van der Waals surface area contributed by atoms with Crippen molar-refractivity contribution in [2.45, 2.75) is 64.4 Å². The molecule has 1 N–H and O–H groups in total. The molecule has 1 atom stereocenters. The molecule has 41 heavy (non-hydrogen) atoms. The van der Waals surface area contributed by atoms with E-state index in [4.69, 9.17) is 4.74 Å². The van der Waals surface area contributed by atoms with Gasteiger partial charge in [0.05, 0.1) is 17.7 Å². The van der Waals surface area contributed by atoms with Crippen molar-refractivity contribution in [2.24, 2.45) is 0 Å². The zero-order valence-electron chi connectivity index (χ0n) is 24.6. The van der Waals surface area contributed by atoms with E-state index in [-0.39, 0.29) is 23.0 Å². The van der Waals surface area contributed by atoms with Crippen molar-refractivity contribution < 1.29 is 22.7 Å². The summed E-state index contributed by atoms with van der Waals surface area (Å²) in [5.74, 6) is -0.283.